The minimum absolute atomic E-state index is 0.297. The van der Waals surface area contributed by atoms with Gasteiger partial charge in [-0.05, 0) is 29.3 Å². The van der Waals surface area contributed by atoms with E-state index in [-0.39, 0.29) is 4.08 Å². The summed E-state index contributed by atoms with van der Waals surface area (Å²) < 4.78 is 10.4. The minimum atomic E-state index is -0.879. The van der Waals surface area contributed by atoms with Crippen molar-refractivity contribution < 1.29 is 19.4 Å². The molecule has 0 atom stereocenters. The number of carboxylic acid groups (broad SMARTS) is 1. The second-order valence-corrected chi connectivity index (χ2v) is 8.71. The van der Waals surface area contributed by atoms with Crippen molar-refractivity contribution in [2.75, 3.05) is 25.7 Å². The van der Waals surface area contributed by atoms with Gasteiger partial charge in [0.1, 0.15) is 0 Å². The third kappa shape index (κ3) is 3.60. The number of hydrogen-bond donors (Lipinski definition) is 1. The van der Waals surface area contributed by atoms with Gasteiger partial charge < -0.3 is 14.6 Å². The Bertz CT molecular complexity index is 770. The van der Waals surface area contributed by atoms with Gasteiger partial charge in [0.05, 0.1) is 23.9 Å². The molecule has 0 unspecified atom stereocenters. The lowest BCUT2D eigenvalue weighted by molar-refractivity contribution is 0.0695. The highest BCUT2D eigenvalue weighted by molar-refractivity contribution is 8.20. The van der Waals surface area contributed by atoms with Gasteiger partial charge >= 0.3 is 5.97 Å². The van der Waals surface area contributed by atoms with Gasteiger partial charge in [-0.3, -0.25) is 0 Å². The molecule has 0 aliphatic carbocycles. The van der Waals surface area contributed by atoms with E-state index in [1.807, 2.05) is 53.9 Å². The van der Waals surface area contributed by atoms with Crippen LogP contribution in [0.5, 0.6) is 11.5 Å². The van der Waals surface area contributed by atoms with Crippen molar-refractivity contribution in [2.24, 2.45) is 0 Å². The summed E-state index contributed by atoms with van der Waals surface area (Å²) in [5.74, 6) is 2.51. The number of carbonyl (C=O) groups is 1. The Hall–Kier alpha value is -1.79. The third-order valence-electron chi connectivity index (χ3n) is 4.21. The summed E-state index contributed by atoms with van der Waals surface area (Å²) in [4.78, 5) is 11.7. The number of thioether (sulfide) groups is 2. The Labute approximate surface area is 155 Å². The number of methoxy groups -OCH3 is 2. The molecule has 0 bridgehead atoms. The van der Waals surface area contributed by atoms with Crippen LogP contribution in [0.15, 0.2) is 42.5 Å². The molecule has 132 valence electrons. The van der Waals surface area contributed by atoms with Crippen molar-refractivity contribution in [2.45, 2.75) is 10.5 Å². The number of benzene rings is 2. The van der Waals surface area contributed by atoms with Crippen molar-refractivity contribution in [3.05, 3.63) is 59.2 Å². The first-order valence-electron chi connectivity index (χ1n) is 7.91. The van der Waals surface area contributed by atoms with Crippen LogP contribution in [0.4, 0.5) is 0 Å². The van der Waals surface area contributed by atoms with Crippen LogP contribution in [0.3, 0.4) is 0 Å². The summed E-state index contributed by atoms with van der Waals surface area (Å²) in [6.07, 6.45) is 0.729. The Morgan fingerprint density at radius 3 is 2.40 bits per heavy atom. The maximum absolute atomic E-state index is 11.7. The summed E-state index contributed by atoms with van der Waals surface area (Å²) in [6, 6.07) is 13.2. The summed E-state index contributed by atoms with van der Waals surface area (Å²) in [6.45, 7) is 0. The quantitative estimate of drug-likeness (QED) is 0.812. The number of aromatic carboxylic acids is 1. The fourth-order valence-corrected chi connectivity index (χ4v) is 6.43. The summed E-state index contributed by atoms with van der Waals surface area (Å²) in [5.41, 5.74) is 2.36. The van der Waals surface area contributed by atoms with E-state index in [1.54, 1.807) is 26.4 Å². The number of carboxylic acids is 1. The topological polar surface area (TPSA) is 55.8 Å². The molecule has 1 fully saturated rings. The van der Waals surface area contributed by atoms with E-state index in [9.17, 15) is 9.90 Å². The van der Waals surface area contributed by atoms with E-state index in [0.29, 0.717) is 17.1 Å². The van der Waals surface area contributed by atoms with E-state index in [4.69, 9.17) is 9.47 Å². The molecule has 2 aromatic rings. The Morgan fingerprint density at radius 1 is 1.08 bits per heavy atom. The lowest BCUT2D eigenvalue weighted by Crippen LogP contribution is -2.22. The second-order valence-electron chi connectivity index (χ2n) is 5.67. The van der Waals surface area contributed by atoms with Crippen molar-refractivity contribution in [1.29, 1.82) is 0 Å². The Morgan fingerprint density at radius 2 is 1.76 bits per heavy atom. The van der Waals surface area contributed by atoms with Crippen molar-refractivity contribution in [3.8, 4) is 11.5 Å². The van der Waals surface area contributed by atoms with E-state index in [0.717, 1.165) is 29.1 Å². The lowest BCUT2D eigenvalue weighted by Gasteiger charge is -2.29. The minimum Gasteiger partial charge on any atom is -0.493 e. The van der Waals surface area contributed by atoms with E-state index < -0.39 is 5.97 Å². The van der Waals surface area contributed by atoms with Crippen molar-refractivity contribution in [1.82, 2.24) is 0 Å². The van der Waals surface area contributed by atoms with E-state index >= 15 is 0 Å². The first-order valence-corrected chi connectivity index (χ1v) is 9.88. The Kier molecular flexibility index (Phi) is 5.49. The van der Waals surface area contributed by atoms with Gasteiger partial charge in [0.25, 0.3) is 0 Å². The van der Waals surface area contributed by atoms with Gasteiger partial charge in [-0.2, -0.15) is 0 Å². The van der Waals surface area contributed by atoms with Crippen LogP contribution in [-0.2, 0) is 10.5 Å². The first kappa shape index (κ1) is 18.0. The number of rotatable bonds is 6. The van der Waals surface area contributed by atoms with E-state index in [1.165, 1.54) is 0 Å². The molecule has 1 heterocycles. The molecule has 0 saturated carbocycles. The van der Waals surface area contributed by atoms with Gasteiger partial charge in [0.15, 0.2) is 11.5 Å². The van der Waals surface area contributed by atoms with Gasteiger partial charge in [0.2, 0.25) is 0 Å². The predicted octanol–water partition coefficient (Wildman–Crippen LogP) is 4.28. The van der Waals surface area contributed by atoms with Gasteiger partial charge in [-0.25, -0.2) is 4.79 Å². The molecule has 25 heavy (non-hydrogen) atoms. The maximum atomic E-state index is 11.7. The molecule has 1 aliphatic rings. The highest BCUT2D eigenvalue weighted by Gasteiger charge is 2.40. The van der Waals surface area contributed by atoms with Gasteiger partial charge in [-0.1, -0.05) is 24.3 Å². The molecule has 6 heteroatoms. The predicted molar refractivity (Wildman–Crippen MR) is 103 cm³/mol. The third-order valence-corrected chi connectivity index (χ3v) is 7.65. The normalized spacial score (nSPS) is 15.8. The van der Waals surface area contributed by atoms with Crippen molar-refractivity contribution in [3.63, 3.8) is 0 Å². The monoisotopic (exact) mass is 376 g/mol. The van der Waals surface area contributed by atoms with Gasteiger partial charge in [-0.15, -0.1) is 23.5 Å². The van der Waals surface area contributed by atoms with Crippen LogP contribution in [-0.4, -0.2) is 36.8 Å². The molecule has 1 aliphatic heterocycles. The zero-order valence-electron chi connectivity index (χ0n) is 14.2. The van der Waals surface area contributed by atoms with Gasteiger partial charge in [0, 0.05) is 17.9 Å². The fourth-order valence-electron chi connectivity index (χ4n) is 3.07. The molecule has 4 nitrogen and oxygen atoms in total. The van der Waals surface area contributed by atoms with Crippen LogP contribution in [0, 0.1) is 0 Å². The molecule has 0 radical (unpaired) electrons. The smallest absolute Gasteiger partial charge is 0.336 e. The van der Waals surface area contributed by atoms with Crippen LogP contribution in [0.1, 0.15) is 21.5 Å². The maximum Gasteiger partial charge on any atom is 0.336 e. The zero-order chi connectivity index (χ0) is 17.9. The highest BCUT2D eigenvalue weighted by atomic mass is 32.2. The molecule has 1 N–H and O–H groups in total. The second kappa shape index (κ2) is 7.62. The molecule has 0 aromatic heterocycles. The summed E-state index contributed by atoms with van der Waals surface area (Å²) in [7, 11) is 3.24. The highest BCUT2D eigenvalue weighted by Crippen LogP contribution is 2.55. The molecule has 2 aromatic carbocycles. The molecular weight excluding hydrogens is 356 g/mol. The van der Waals surface area contributed by atoms with Crippen molar-refractivity contribution >= 4 is 29.5 Å². The zero-order valence-corrected chi connectivity index (χ0v) is 15.8. The number of hydrogen-bond acceptors (Lipinski definition) is 5. The average molecular weight is 376 g/mol. The fraction of sp³-hybridized carbons (Fsp3) is 0.316. The van der Waals surface area contributed by atoms with Crippen LogP contribution >= 0.6 is 23.5 Å². The standard InChI is InChI=1S/C19H20O4S2/c1-22-16-8-7-13(11-17(16)23-2)12-19(24-9-10-25-19)15-6-4-3-5-14(15)18(20)21/h3-8,11H,9-10,12H2,1-2H3,(H,20,21). The van der Waals surface area contributed by atoms with Crippen LogP contribution in [0.2, 0.25) is 0 Å². The average Bonchev–Trinajstić information content (AvgIpc) is 3.11. The SMILES string of the molecule is COc1ccc(CC2(c3ccccc3C(=O)O)SCCS2)cc1OC. The molecule has 0 spiro atoms. The first-order chi connectivity index (χ1) is 12.1. The summed E-state index contributed by atoms with van der Waals surface area (Å²) in [5, 5.41) is 9.60. The van der Waals surface area contributed by atoms with Crippen LogP contribution < -0.4 is 9.47 Å². The molecule has 0 amide bonds. The Balaban J connectivity index is 2.01. The van der Waals surface area contributed by atoms with Crippen LogP contribution in [0.25, 0.3) is 0 Å². The molecular formula is C19H20O4S2. The number of ether oxygens (including phenoxy) is 2. The van der Waals surface area contributed by atoms with E-state index in [2.05, 4.69) is 0 Å². The summed E-state index contributed by atoms with van der Waals surface area (Å²) >= 11 is 3.64. The largest absolute Gasteiger partial charge is 0.493 e. The molecule has 3 rings (SSSR count). The lowest BCUT2D eigenvalue weighted by atomic mass is 9.98. The molecule has 1 saturated heterocycles.